The highest BCUT2D eigenvalue weighted by atomic mass is 16.5. The van der Waals surface area contributed by atoms with Crippen molar-refractivity contribution < 1.29 is 4.74 Å². The highest BCUT2D eigenvalue weighted by molar-refractivity contribution is 5.39. The topological polar surface area (TPSA) is 50.5 Å². The molecule has 4 heteroatoms. The molecule has 0 amide bonds. The van der Waals surface area contributed by atoms with Crippen LogP contribution in [0.2, 0.25) is 0 Å². The van der Waals surface area contributed by atoms with E-state index in [0.29, 0.717) is 6.04 Å². The quantitative estimate of drug-likeness (QED) is 0.755. The number of hydrogen-bond donors (Lipinski definition) is 2. The molecule has 19 heavy (non-hydrogen) atoms. The summed E-state index contributed by atoms with van der Waals surface area (Å²) >= 11 is 0. The monoisotopic (exact) mass is 263 g/mol. The summed E-state index contributed by atoms with van der Waals surface area (Å²) in [4.78, 5) is 2.45. The highest BCUT2D eigenvalue weighted by Crippen LogP contribution is 2.07. The first-order valence-electron chi connectivity index (χ1n) is 7.12. The van der Waals surface area contributed by atoms with Crippen LogP contribution >= 0.6 is 0 Å². The molecule has 0 saturated carbocycles. The number of morpholine rings is 1. The standard InChI is InChI=1S/C15H25N3O/c1-13(12-14-2-4-15(16)5-3-14)17-6-7-18-8-10-19-11-9-18/h2-5,13,17H,6-12,16H2,1H3. The summed E-state index contributed by atoms with van der Waals surface area (Å²) in [6, 6.07) is 8.64. The first kappa shape index (κ1) is 14.3. The largest absolute Gasteiger partial charge is 0.399 e. The Morgan fingerprint density at radius 3 is 2.63 bits per heavy atom. The summed E-state index contributed by atoms with van der Waals surface area (Å²) < 4.78 is 5.34. The van der Waals surface area contributed by atoms with Crippen molar-refractivity contribution in [2.75, 3.05) is 45.1 Å². The molecule has 1 atom stereocenters. The third-order valence-electron chi connectivity index (χ3n) is 3.55. The summed E-state index contributed by atoms with van der Waals surface area (Å²) in [5.41, 5.74) is 7.85. The summed E-state index contributed by atoms with van der Waals surface area (Å²) in [5, 5.41) is 3.58. The Balaban J connectivity index is 1.63. The van der Waals surface area contributed by atoms with Gasteiger partial charge < -0.3 is 15.8 Å². The lowest BCUT2D eigenvalue weighted by molar-refractivity contribution is 0.0382. The van der Waals surface area contributed by atoms with E-state index in [9.17, 15) is 0 Å². The fraction of sp³-hybridized carbons (Fsp3) is 0.600. The molecule has 0 bridgehead atoms. The van der Waals surface area contributed by atoms with E-state index in [0.717, 1.165) is 51.5 Å². The summed E-state index contributed by atoms with van der Waals surface area (Å²) in [7, 11) is 0. The minimum atomic E-state index is 0.490. The molecule has 3 N–H and O–H groups in total. The zero-order valence-electron chi connectivity index (χ0n) is 11.8. The second kappa shape index (κ2) is 7.48. The van der Waals surface area contributed by atoms with E-state index in [4.69, 9.17) is 10.5 Å². The third kappa shape index (κ3) is 5.19. The molecule has 4 nitrogen and oxygen atoms in total. The van der Waals surface area contributed by atoms with Gasteiger partial charge in [0.25, 0.3) is 0 Å². The lowest BCUT2D eigenvalue weighted by Gasteiger charge is -2.27. The first-order chi connectivity index (χ1) is 9.24. The second-order valence-electron chi connectivity index (χ2n) is 5.25. The van der Waals surface area contributed by atoms with Crippen molar-refractivity contribution in [2.45, 2.75) is 19.4 Å². The number of nitrogens with zero attached hydrogens (tertiary/aromatic N) is 1. The molecule has 1 aliphatic heterocycles. The van der Waals surface area contributed by atoms with Gasteiger partial charge in [-0.3, -0.25) is 4.90 Å². The first-order valence-corrected chi connectivity index (χ1v) is 7.12. The Bertz CT molecular complexity index is 360. The van der Waals surface area contributed by atoms with Crippen LogP contribution in [0.25, 0.3) is 0 Å². The molecule has 1 heterocycles. The van der Waals surface area contributed by atoms with Crippen LogP contribution in [0.15, 0.2) is 24.3 Å². The van der Waals surface area contributed by atoms with Gasteiger partial charge in [0.05, 0.1) is 13.2 Å². The number of anilines is 1. The normalized spacial score (nSPS) is 18.4. The average molecular weight is 263 g/mol. The molecule has 2 rings (SSSR count). The number of ether oxygens (including phenoxy) is 1. The summed E-state index contributed by atoms with van der Waals surface area (Å²) in [6.45, 7) is 8.26. The Morgan fingerprint density at radius 1 is 1.26 bits per heavy atom. The molecule has 0 aromatic heterocycles. The molecular formula is C15H25N3O. The van der Waals surface area contributed by atoms with E-state index in [1.165, 1.54) is 5.56 Å². The number of hydrogen-bond acceptors (Lipinski definition) is 4. The van der Waals surface area contributed by atoms with Gasteiger partial charge in [-0.05, 0) is 31.0 Å². The van der Waals surface area contributed by atoms with Crippen molar-refractivity contribution >= 4 is 5.69 Å². The zero-order chi connectivity index (χ0) is 13.5. The predicted molar refractivity (Wildman–Crippen MR) is 79.3 cm³/mol. The van der Waals surface area contributed by atoms with Gasteiger partial charge in [-0.1, -0.05) is 12.1 Å². The van der Waals surface area contributed by atoms with Crippen LogP contribution in [0.3, 0.4) is 0 Å². The maximum Gasteiger partial charge on any atom is 0.0594 e. The molecule has 1 unspecified atom stereocenters. The SMILES string of the molecule is CC(Cc1ccc(N)cc1)NCCN1CCOCC1. The van der Waals surface area contributed by atoms with Crippen LogP contribution < -0.4 is 11.1 Å². The minimum absolute atomic E-state index is 0.490. The van der Waals surface area contributed by atoms with E-state index in [2.05, 4.69) is 29.3 Å². The van der Waals surface area contributed by atoms with Crippen molar-refractivity contribution in [2.24, 2.45) is 0 Å². The molecule has 0 radical (unpaired) electrons. The van der Waals surface area contributed by atoms with Gasteiger partial charge in [0.15, 0.2) is 0 Å². The van der Waals surface area contributed by atoms with Crippen molar-refractivity contribution in [3.63, 3.8) is 0 Å². The van der Waals surface area contributed by atoms with Crippen LogP contribution in [0, 0.1) is 0 Å². The van der Waals surface area contributed by atoms with Gasteiger partial charge in [0, 0.05) is 37.9 Å². The number of nitrogens with one attached hydrogen (secondary N) is 1. The van der Waals surface area contributed by atoms with Crippen LogP contribution in [-0.4, -0.2) is 50.3 Å². The van der Waals surface area contributed by atoms with Gasteiger partial charge >= 0.3 is 0 Å². The maximum atomic E-state index is 5.69. The Morgan fingerprint density at radius 2 is 1.95 bits per heavy atom. The molecular weight excluding hydrogens is 238 g/mol. The molecule has 0 spiro atoms. The van der Waals surface area contributed by atoms with Crippen LogP contribution in [-0.2, 0) is 11.2 Å². The predicted octanol–water partition coefficient (Wildman–Crippen LogP) is 1.12. The van der Waals surface area contributed by atoms with Crippen LogP contribution in [0.1, 0.15) is 12.5 Å². The van der Waals surface area contributed by atoms with E-state index in [1.54, 1.807) is 0 Å². The average Bonchev–Trinajstić information content (AvgIpc) is 2.43. The highest BCUT2D eigenvalue weighted by Gasteiger charge is 2.10. The fourth-order valence-electron chi connectivity index (χ4n) is 2.37. The summed E-state index contributed by atoms with van der Waals surface area (Å²) in [6.07, 6.45) is 1.05. The third-order valence-corrected chi connectivity index (χ3v) is 3.55. The molecule has 1 saturated heterocycles. The summed E-state index contributed by atoms with van der Waals surface area (Å²) in [5.74, 6) is 0. The van der Waals surface area contributed by atoms with E-state index in [1.807, 2.05) is 12.1 Å². The van der Waals surface area contributed by atoms with Crippen LogP contribution in [0.4, 0.5) is 5.69 Å². The van der Waals surface area contributed by atoms with Gasteiger partial charge in [-0.15, -0.1) is 0 Å². The van der Waals surface area contributed by atoms with Crippen molar-refractivity contribution in [1.82, 2.24) is 10.2 Å². The molecule has 0 aliphatic carbocycles. The maximum absolute atomic E-state index is 5.69. The minimum Gasteiger partial charge on any atom is -0.399 e. The van der Waals surface area contributed by atoms with Crippen molar-refractivity contribution in [3.05, 3.63) is 29.8 Å². The lowest BCUT2D eigenvalue weighted by Crippen LogP contribution is -2.42. The van der Waals surface area contributed by atoms with Gasteiger partial charge in [0.1, 0.15) is 0 Å². The fourth-order valence-corrected chi connectivity index (χ4v) is 2.37. The molecule has 1 aromatic rings. The second-order valence-corrected chi connectivity index (χ2v) is 5.25. The van der Waals surface area contributed by atoms with Crippen LogP contribution in [0.5, 0.6) is 0 Å². The smallest absolute Gasteiger partial charge is 0.0594 e. The Kier molecular flexibility index (Phi) is 5.63. The van der Waals surface area contributed by atoms with Crippen molar-refractivity contribution in [3.8, 4) is 0 Å². The number of benzene rings is 1. The lowest BCUT2D eigenvalue weighted by atomic mass is 10.1. The van der Waals surface area contributed by atoms with E-state index < -0.39 is 0 Å². The number of rotatable bonds is 6. The molecule has 1 aliphatic rings. The van der Waals surface area contributed by atoms with Gasteiger partial charge in [-0.2, -0.15) is 0 Å². The van der Waals surface area contributed by atoms with Gasteiger partial charge in [-0.25, -0.2) is 0 Å². The molecule has 1 aromatic carbocycles. The van der Waals surface area contributed by atoms with E-state index in [-0.39, 0.29) is 0 Å². The van der Waals surface area contributed by atoms with Crippen molar-refractivity contribution in [1.29, 1.82) is 0 Å². The molecule has 1 fully saturated rings. The van der Waals surface area contributed by atoms with Gasteiger partial charge in [0.2, 0.25) is 0 Å². The molecule has 106 valence electrons. The van der Waals surface area contributed by atoms with E-state index >= 15 is 0 Å². The number of nitrogens with two attached hydrogens (primary N) is 1. The Hall–Kier alpha value is -1.10. The number of nitrogen functional groups attached to an aromatic ring is 1. The zero-order valence-corrected chi connectivity index (χ0v) is 11.8. The Labute approximate surface area is 115 Å².